The van der Waals surface area contributed by atoms with Crippen LogP contribution in [0.2, 0.25) is 0 Å². The third kappa shape index (κ3) is 4.57. The Morgan fingerprint density at radius 2 is 1.95 bits per heavy atom. The monoisotopic (exact) mass is 268 g/mol. The third-order valence-electron chi connectivity index (χ3n) is 2.45. The molecule has 0 saturated carbocycles. The SMILES string of the molecule is FC(F)(F)Oc1cccc(CCc2ccncn2)c1. The predicted molar refractivity (Wildman–Crippen MR) is 62.6 cm³/mol. The summed E-state index contributed by atoms with van der Waals surface area (Å²) in [4.78, 5) is 7.85. The van der Waals surface area contributed by atoms with E-state index in [9.17, 15) is 13.2 Å². The lowest BCUT2D eigenvalue weighted by molar-refractivity contribution is -0.274. The molecule has 0 spiro atoms. The number of hydrogen-bond donors (Lipinski definition) is 0. The molecule has 1 heterocycles. The minimum Gasteiger partial charge on any atom is -0.406 e. The van der Waals surface area contributed by atoms with Gasteiger partial charge in [-0.15, -0.1) is 13.2 Å². The van der Waals surface area contributed by atoms with Crippen LogP contribution in [0.4, 0.5) is 13.2 Å². The number of hydrogen-bond acceptors (Lipinski definition) is 3. The first-order chi connectivity index (χ1) is 9.03. The average Bonchev–Trinajstić information content (AvgIpc) is 2.36. The van der Waals surface area contributed by atoms with Gasteiger partial charge in [-0.3, -0.25) is 0 Å². The molecule has 2 rings (SSSR count). The fourth-order valence-electron chi connectivity index (χ4n) is 1.64. The van der Waals surface area contributed by atoms with Gasteiger partial charge in [0.1, 0.15) is 12.1 Å². The minimum absolute atomic E-state index is 0.201. The van der Waals surface area contributed by atoms with Crippen molar-refractivity contribution in [3.05, 3.63) is 54.1 Å². The Hall–Kier alpha value is -2.11. The topological polar surface area (TPSA) is 35.0 Å². The Morgan fingerprint density at radius 3 is 2.63 bits per heavy atom. The molecule has 19 heavy (non-hydrogen) atoms. The molecule has 0 saturated heterocycles. The highest BCUT2D eigenvalue weighted by molar-refractivity contribution is 5.29. The van der Waals surface area contributed by atoms with Gasteiger partial charge >= 0.3 is 6.36 Å². The van der Waals surface area contributed by atoms with E-state index < -0.39 is 6.36 Å². The average molecular weight is 268 g/mol. The summed E-state index contributed by atoms with van der Waals surface area (Å²) in [7, 11) is 0. The molecule has 100 valence electrons. The van der Waals surface area contributed by atoms with Gasteiger partial charge in [-0.05, 0) is 36.6 Å². The van der Waals surface area contributed by atoms with Crippen LogP contribution in [0, 0.1) is 0 Å². The Morgan fingerprint density at radius 1 is 1.11 bits per heavy atom. The second-order valence-corrected chi connectivity index (χ2v) is 3.90. The van der Waals surface area contributed by atoms with Crippen LogP contribution in [-0.2, 0) is 12.8 Å². The molecule has 2 aromatic rings. The van der Waals surface area contributed by atoms with E-state index in [2.05, 4.69) is 14.7 Å². The summed E-state index contributed by atoms with van der Waals surface area (Å²) in [5.74, 6) is -0.201. The molecule has 0 unspecified atom stereocenters. The van der Waals surface area contributed by atoms with Crippen LogP contribution in [0.25, 0.3) is 0 Å². The van der Waals surface area contributed by atoms with Gasteiger partial charge in [-0.25, -0.2) is 9.97 Å². The maximum absolute atomic E-state index is 12.1. The number of aromatic nitrogens is 2. The summed E-state index contributed by atoms with van der Waals surface area (Å²) in [5.41, 5.74) is 1.61. The Kier molecular flexibility index (Phi) is 3.99. The van der Waals surface area contributed by atoms with E-state index >= 15 is 0 Å². The van der Waals surface area contributed by atoms with Gasteiger partial charge in [-0.1, -0.05) is 12.1 Å². The molecule has 6 heteroatoms. The number of nitrogens with zero attached hydrogens (tertiary/aromatic N) is 2. The molecular weight excluding hydrogens is 257 g/mol. The number of benzene rings is 1. The van der Waals surface area contributed by atoms with E-state index in [1.807, 2.05) is 0 Å². The fourth-order valence-corrected chi connectivity index (χ4v) is 1.64. The van der Waals surface area contributed by atoms with Crippen molar-refractivity contribution in [1.29, 1.82) is 0 Å². The van der Waals surface area contributed by atoms with Gasteiger partial charge in [0.2, 0.25) is 0 Å². The van der Waals surface area contributed by atoms with Gasteiger partial charge in [0, 0.05) is 11.9 Å². The molecule has 0 amide bonds. The minimum atomic E-state index is -4.66. The van der Waals surface area contributed by atoms with Gasteiger partial charge in [-0.2, -0.15) is 0 Å². The summed E-state index contributed by atoms with van der Waals surface area (Å²) in [6, 6.07) is 7.73. The summed E-state index contributed by atoms with van der Waals surface area (Å²) in [5, 5.41) is 0. The van der Waals surface area contributed by atoms with Crippen molar-refractivity contribution in [3.8, 4) is 5.75 Å². The Bertz CT molecular complexity index is 529. The number of rotatable bonds is 4. The zero-order chi connectivity index (χ0) is 13.7. The molecule has 0 aliphatic carbocycles. The van der Waals surface area contributed by atoms with E-state index in [-0.39, 0.29) is 5.75 Å². The van der Waals surface area contributed by atoms with Crippen LogP contribution >= 0.6 is 0 Å². The van der Waals surface area contributed by atoms with Crippen LogP contribution in [0.3, 0.4) is 0 Å². The molecule has 0 aliphatic heterocycles. The van der Waals surface area contributed by atoms with Crippen molar-refractivity contribution < 1.29 is 17.9 Å². The number of halogens is 3. The molecule has 3 nitrogen and oxygen atoms in total. The zero-order valence-electron chi connectivity index (χ0n) is 9.89. The largest absolute Gasteiger partial charge is 0.573 e. The molecule has 1 aromatic carbocycles. The second kappa shape index (κ2) is 5.69. The van der Waals surface area contributed by atoms with Crippen molar-refractivity contribution in [2.75, 3.05) is 0 Å². The lowest BCUT2D eigenvalue weighted by Gasteiger charge is -2.09. The second-order valence-electron chi connectivity index (χ2n) is 3.90. The van der Waals surface area contributed by atoms with E-state index in [4.69, 9.17) is 0 Å². The van der Waals surface area contributed by atoms with Crippen LogP contribution in [0.5, 0.6) is 5.75 Å². The molecule has 1 aromatic heterocycles. The Labute approximate surface area is 108 Å². The quantitative estimate of drug-likeness (QED) is 0.854. The molecule has 0 radical (unpaired) electrons. The van der Waals surface area contributed by atoms with Gasteiger partial charge in [0.05, 0.1) is 0 Å². The first-order valence-corrected chi connectivity index (χ1v) is 5.62. The van der Waals surface area contributed by atoms with Crippen LogP contribution in [0.15, 0.2) is 42.9 Å². The van der Waals surface area contributed by atoms with Crippen LogP contribution in [0.1, 0.15) is 11.3 Å². The van der Waals surface area contributed by atoms with E-state index in [0.717, 1.165) is 11.3 Å². The normalized spacial score (nSPS) is 11.3. The Balaban J connectivity index is 1.99. The lowest BCUT2D eigenvalue weighted by atomic mass is 10.1. The standard InChI is InChI=1S/C13H11F3N2O/c14-13(15,16)19-12-3-1-2-10(8-12)4-5-11-6-7-17-9-18-11/h1-3,6-9H,4-5H2. The molecular formula is C13H11F3N2O. The van der Waals surface area contributed by atoms with Crippen molar-refractivity contribution in [3.63, 3.8) is 0 Å². The number of alkyl halides is 3. The van der Waals surface area contributed by atoms with Crippen molar-refractivity contribution in [2.24, 2.45) is 0 Å². The first-order valence-electron chi connectivity index (χ1n) is 5.62. The number of aryl methyl sites for hydroxylation is 2. The maximum atomic E-state index is 12.1. The van der Waals surface area contributed by atoms with E-state index in [1.165, 1.54) is 24.5 Å². The zero-order valence-corrected chi connectivity index (χ0v) is 9.89. The summed E-state index contributed by atoms with van der Waals surface area (Å²) >= 11 is 0. The highest BCUT2D eigenvalue weighted by Crippen LogP contribution is 2.23. The third-order valence-corrected chi connectivity index (χ3v) is 2.45. The van der Waals surface area contributed by atoms with Gasteiger partial charge in [0.15, 0.2) is 0 Å². The maximum Gasteiger partial charge on any atom is 0.573 e. The molecule has 0 N–H and O–H groups in total. The molecule has 0 bridgehead atoms. The summed E-state index contributed by atoms with van der Waals surface area (Å²) < 4.78 is 40.1. The summed E-state index contributed by atoms with van der Waals surface area (Å²) in [6.07, 6.45) is -0.362. The van der Waals surface area contributed by atoms with Crippen molar-refractivity contribution in [1.82, 2.24) is 9.97 Å². The van der Waals surface area contributed by atoms with Gasteiger partial charge < -0.3 is 4.74 Å². The smallest absolute Gasteiger partial charge is 0.406 e. The fraction of sp³-hybridized carbons (Fsp3) is 0.231. The van der Waals surface area contributed by atoms with Crippen LogP contribution < -0.4 is 4.74 Å². The number of ether oxygens (including phenoxy) is 1. The van der Waals surface area contributed by atoms with Crippen molar-refractivity contribution >= 4 is 0 Å². The summed E-state index contributed by atoms with van der Waals surface area (Å²) in [6.45, 7) is 0. The van der Waals surface area contributed by atoms with Crippen LogP contribution in [-0.4, -0.2) is 16.3 Å². The van der Waals surface area contributed by atoms with Crippen molar-refractivity contribution in [2.45, 2.75) is 19.2 Å². The highest BCUT2D eigenvalue weighted by Gasteiger charge is 2.31. The van der Waals surface area contributed by atoms with Gasteiger partial charge in [0.25, 0.3) is 0 Å². The lowest BCUT2D eigenvalue weighted by Crippen LogP contribution is -2.17. The molecule has 0 atom stereocenters. The highest BCUT2D eigenvalue weighted by atomic mass is 19.4. The molecule has 0 fully saturated rings. The molecule has 0 aliphatic rings. The van der Waals surface area contributed by atoms with E-state index in [0.29, 0.717) is 12.8 Å². The first kappa shape index (κ1) is 13.3. The van der Waals surface area contributed by atoms with E-state index in [1.54, 1.807) is 18.3 Å². The predicted octanol–water partition coefficient (Wildman–Crippen LogP) is 3.16.